The summed E-state index contributed by atoms with van der Waals surface area (Å²) in [4.78, 5) is 16.0. The van der Waals surface area contributed by atoms with Crippen molar-refractivity contribution in [1.82, 2.24) is 9.55 Å². The van der Waals surface area contributed by atoms with E-state index in [1.165, 1.54) is 0 Å². The average Bonchev–Trinajstić information content (AvgIpc) is 2.88. The number of carbonyl (C=O) groups excluding carboxylic acids is 1. The van der Waals surface area contributed by atoms with Crippen LogP contribution >= 0.6 is 12.6 Å². The van der Waals surface area contributed by atoms with Crippen molar-refractivity contribution in [3.63, 3.8) is 0 Å². The standard InChI is InChI=1S/C15H19N3OS/c1-2-8-18-9-7-16-15(18)12-4-3-5-13(11-12)17-14(19)6-10-20/h3-5,7,9,11,20H,2,6,8,10H2,1H3,(H,17,19). The van der Waals surface area contributed by atoms with E-state index in [4.69, 9.17) is 0 Å². The van der Waals surface area contributed by atoms with Gasteiger partial charge >= 0.3 is 0 Å². The maximum Gasteiger partial charge on any atom is 0.225 e. The molecular formula is C15H19N3OS. The number of thiol groups is 1. The Hall–Kier alpha value is -1.75. The van der Waals surface area contributed by atoms with E-state index in [1.807, 2.05) is 30.5 Å². The van der Waals surface area contributed by atoms with Gasteiger partial charge in [0.2, 0.25) is 5.91 Å². The zero-order chi connectivity index (χ0) is 14.4. The third-order valence-electron chi connectivity index (χ3n) is 2.92. The van der Waals surface area contributed by atoms with Crippen LogP contribution in [0.4, 0.5) is 5.69 Å². The molecular weight excluding hydrogens is 270 g/mol. The lowest BCUT2D eigenvalue weighted by molar-refractivity contribution is -0.115. The zero-order valence-electron chi connectivity index (χ0n) is 11.5. The molecule has 0 atom stereocenters. The van der Waals surface area contributed by atoms with E-state index in [1.54, 1.807) is 6.20 Å². The normalized spacial score (nSPS) is 10.5. The number of nitrogens with one attached hydrogen (secondary N) is 1. The van der Waals surface area contributed by atoms with Gasteiger partial charge < -0.3 is 9.88 Å². The minimum absolute atomic E-state index is 0.0194. The summed E-state index contributed by atoms with van der Waals surface area (Å²) in [6.45, 7) is 3.07. The van der Waals surface area contributed by atoms with E-state index >= 15 is 0 Å². The topological polar surface area (TPSA) is 46.9 Å². The number of amides is 1. The molecule has 0 unspecified atom stereocenters. The number of benzene rings is 1. The van der Waals surface area contributed by atoms with Gasteiger partial charge in [-0.25, -0.2) is 4.98 Å². The Balaban J connectivity index is 2.20. The van der Waals surface area contributed by atoms with Gasteiger partial charge in [-0.1, -0.05) is 19.1 Å². The Morgan fingerprint density at radius 2 is 2.30 bits per heavy atom. The fourth-order valence-corrected chi connectivity index (χ4v) is 2.26. The molecule has 2 aromatic rings. The van der Waals surface area contributed by atoms with Crippen LogP contribution in [0.1, 0.15) is 19.8 Å². The van der Waals surface area contributed by atoms with Gasteiger partial charge in [0.1, 0.15) is 5.82 Å². The number of hydrogen-bond donors (Lipinski definition) is 2. The lowest BCUT2D eigenvalue weighted by Crippen LogP contribution is -2.11. The van der Waals surface area contributed by atoms with Crippen LogP contribution in [0.15, 0.2) is 36.7 Å². The average molecular weight is 289 g/mol. The van der Waals surface area contributed by atoms with Crippen molar-refractivity contribution in [2.45, 2.75) is 26.3 Å². The second kappa shape index (κ2) is 7.14. The second-order valence-corrected chi connectivity index (χ2v) is 4.99. The molecule has 0 bridgehead atoms. The third kappa shape index (κ3) is 3.63. The molecule has 0 aliphatic heterocycles. The van der Waals surface area contributed by atoms with E-state index in [-0.39, 0.29) is 5.91 Å². The van der Waals surface area contributed by atoms with Crippen molar-refractivity contribution < 1.29 is 4.79 Å². The quantitative estimate of drug-likeness (QED) is 0.802. The molecule has 1 heterocycles. The van der Waals surface area contributed by atoms with Gasteiger partial charge in [0.25, 0.3) is 0 Å². The molecule has 0 spiro atoms. The molecule has 0 saturated heterocycles. The summed E-state index contributed by atoms with van der Waals surface area (Å²) < 4.78 is 2.12. The number of hydrogen-bond acceptors (Lipinski definition) is 3. The highest BCUT2D eigenvalue weighted by Crippen LogP contribution is 2.21. The number of nitrogens with zero attached hydrogens (tertiary/aromatic N) is 2. The third-order valence-corrected chi connectivity index (χ3v) is 3.15. The number of aromatic nitrogens is 2. The van der Waals surface area contributed by atoms with Crippen molar-refractivity contribution in [2.75, 3.05) is 11.1 Å². The highest BCUT2D eigenvalue weighted by atomic mass is 32.1. The minimum Gasteiger partial charge on any atom is -0.331 e. The van der Waals surface area contributed by atoms with Gasteiger partial charge in [-0.3, -0.25) is 4.79 Å². The van der Waals surface area contributed by atoms with Crippen LogP contribution in [0.2, 0.25) is 0 Å². The van der Waals surface area contributed by atoms with Gasteiger partial charge in [-0.15, -0.1) is 0 Å². The van der Waals surface area contributed by atoms with Crippen LogP contribution in [0.3, 0.4) is 0 Å². The number of rotatable bonds is 6. The Labute approximate surface area is 124 Å². The molecule has 1 N–H and O–H groups in total. The molecule has 4 nitrogen and oxygen atoms in total. The smallest absolute Gasteiger partial charge is 0.225 e. The summed E-state index contributed by atoms with van der Waals surface area (Å²) in [7, 11) is 0. The first-order valence-corrected chi connectivity index (χ1v) is 7.40. The molecule has 0 aliphatic carbocycles. The molecule has 1 aromatic carbocycles. The van der Waals surface area contributed by atoms with Crippen LogP contribution < -0.4 is 5.32 Å². The minimum atomic E-state index is -0.0194. The molecule has 0 radical (unpaired) electrons. The van der Waals surface area contributed by atoms with Crippen LogP contribution in [0, 0.1) is 0 Å². The SMILES string of the molecule is CCCn1ccnc1-c1cccc(NC(=O)CCS)c1. The predicted octanol–water partition coefficient (Wildman–Crippen LogP) is 3.22. The Morgan fingerprint density at radius 1 is 1.45 bits per heavy atom. The maximum atomic E-state index is 11.6. The monoisotopic (exact) mass is 289 g/mol. The van der Waals surface area contributed by atoms with Crippen LogP contribution in [-0.4, -0.2) is 21.2 Å². The summed E-state index contributed by atoms with van der Waals surface area (Å²) in [5.74, 6) is 1.46. The lowest BCUT2D eigenvalue weighted by atomic mass is 10.2. The first-order valence-electron chi connectivity index (χ1n) is 6.77. The second-order valence-electron chi connectivity index (χ2n) is 4.55. The van der Waals surface area contributed by atoms with E-state index in [0.29, 0.717) is 12.2 Å². The molecule has 1 amide bonds. The van der Waals surface area contributed by atoms with E-state index < -0.39 is 0 Å². The van der Waals surface area contributed by atoms with Crippen molar-refractivity contribution in [3.05, 3.63) is 36.7 Å². The molecule has 5 heteroatoms. The van der Waals surface area contributed by atoms with E-state index in [2.05, 4.69) is 34.4 Å². The first-order chi connectivity index (χ1) is 9.74. The van der Waals surface area contributed by atoms with Gasteiger partial charge in [0, 0.05) is 36.6 Å². The van der Waals surface area contributed by atoms with E-state index in [0.717, 1.165) is 30.0 Å². The van der Waals surface area contributed by atoms with Crippen LogP contribution in [-0.2, 0) is 11.3 Å². The van der Waals surface area contributed by atoms with Crippen molar-refractivity contribution >= 4 is 24.2 Å². The van der Waals surface area contributed by atoms with Gasteiger partial charge in [-0.05, 0) is 24.3 Å². The number of carbonyl (C=O) groups is 1. The summed E-state index contributed by atoms with van der Waals surface area (Å²) in [5, 5.41) is 2.87. The Morgan fingerprint density at radius 3 is 3.05 bits per heavy atom. The molecule has 0 aliphatic rings. The van der Waals surface area contributed by atoms with Crippen LogP contribution in [0.25, 0.3) is 11.4 Å². The summed E-state index contributed by atoms with van der Waals surface area (Å²) >= 11 is 4.06. The largest absolute Gasteiger partial charge is 0.331 e. The first kappa shape index (κ1) is 14.7. The number of imidazole rings is 1. The van der Waals surface area contributed by atoms with Gasteiger partial charge in [-0.2, -0.15) is 12.6 Å². The molecule has 0 saturated carbocycles. The van der Waals surface area contributed by atoms with Crippen molar-refractivity contribution in [1.29, 1.82) is 0 Å². The van der Waals surface area contributed by atoms with Gasteiger partial charge in [0.15, 0.2) is 0 Å². The Kier molecular flexibility index (Phi) is 5.24. The van der Waals surface area contributed by atoms with Crippen LogP contribution in [0.5, 0.6) is 0 Å². The van der Waals surface area contributed by atoms with Crippen molar-refractivity contribution in [2.24, 2.45) is 0 Å². The fourth-order valence-electron chi connectivity index (χ4n) is 2.05. The molecule has 2 rings (SSSR count). The molecule has 0 fully saturated rings. The summed E-state index contributed by atoms with van der Waals surface area (Å²) in [6, 6.07) is 7.76. The number of aryl methyl sites for hydroxylation is 1. The highest BCUT2D eigenvalue weighted by Gasteiger charge is 2.07. The highest BCUT2D eigenvalue weighted by molar-refractivity contribution is 7.80. The van der Waals surface area contributed by atoms with E-state index in [9.17, 15) is 4.79 Å². The summed E-state index contributed by atoms with van der Waals surface area (Å²) in [5.41, 5.74) is 1.80. The zero-order valence-corrected chi connectivity index (χ0v) is 12.4. The number of anilines is 1. The lowest BCUT2D eigenvalue weighted by Gasteiger charge is -2.09. The summed E-state index contributed by atoms with van der Waals surface area (Å²) in [6.07, 6.45) is 5.25. The Bertz CT molecular complexity index is 580. The van der Waals surface area contributed by atoms with Crippen molar-refractivity contribution in [3.8, 4) is 11.4 Å². The maximum absolute atomic E-state index is 11.6. The van der Waals surface area contributed by atoms with Gasteiger partial charge in [0.05, 0.1) is 0 Å². The predicted molar refractivity (Wildman–Crippen MR) is 85.1 cm³/mol. The molecule has 1 aromatic heterocycles. The molecule has 20 heavy (non-hydrogen) atoms. The fraction of sp³-hybridized carbons (Fsp3) is 0.333. The molecule has 106 valence electrons.